The molecule has 0 aliphatic rings. The summed E-state index contributed by atoms with van der Waals surface area (Å²) in [7, 11) is 0. The first-order valence-corrected chi connectivity index (χ1v) is 4.28. The van der Waals surface area contributed by atoms with E-state index in [9.17, 15) is 13.2 Å². The molecule has 0 fully saturated rings. The molecule has 1 N–H and O–H groups in total. The molecule has 0 radical (unpaired) electrons. The lowest BCUT2D eigenvalue weighted by atomic mass is 10.1. The average Bonchev–Trinajstić information content (AvgIpc) is 2.05. The molecule has 0 aliphatic carbocycles. The molecule has 0 aliphatic heterocycles. The topological polar surface area (TPSA) is 20.2 Å². The number of alkyl halides is 3. The van der Waals surface area contributed by atoms with Gasteiger partial charge in [0, 0.05) is 0 Å². The molecule has 0 saturated carbocycles. The SMILES string of the molecule is CC.Cc1cccc(O)c1C(F)(F)F. The van der Waals surface area contributed by atoms with Gasteiger partial charge in [-0.15, -0.1) is 0 Å². The smallest absolute Gasteiger partial charge is 0.420 e. The van der Waals surface area contributed by atoms with Crippen LogP contribution < -0.4 is 0 Å². The standard InChI is InChI=1S/C8H7F3O.C2H6/c1-5-3-2-4-6(12)7(5)8(9,10)11;1-2/h2-4,12H,1H3;1-2H3. The lowest BCUT2D eigenvalue weighted by Gasteiger charge is -2.10. The zero-order valence-corrected chi connectivity index (χ0v) is 8.31. The summed E-state index contributed by atoms with van der Waals surface area (Å²) in [6, 6.07) is 3.71. The van der Waals surface area contributed by atoms with Crippen LogP contribution in [0.4, 0.5) is 13.2 Å². The van der Waals surface area contributed by atoms with Gasteiger partial charge in [0.05, 0.1) is 0 Å². The van der Waals surface area contributed by atoms with Crippen LogP contribution in [-0.2, 0) is 6.18 Å². The summed E-state index contributed by atoms with van der Waals surface area (Å²) < 4.78 is 36.4. The predicted octanol–water partition coefficient (Wildman–Crippen LogP) is 3.75. The van der Waals surface area contributed by atoms with Gasteiger partial charge in [0.25, 0.3) is 0 Å². The number of hydrogen-bond donors (Lipinski definition) is 1. The number of aromatic hydroxyl groups is 1. The predicted molar refractivity (Wildman–Crippen MR) is 49.2 cm³/mol. The Balaban J connectivity index is 0.000000791. The highest BCUT2D eigenvalue weighted by molar-refractivity contribution is 5.40. The van der Waals surface area contributed by atoms with Crippen molar-refractivity contribution < 1.29 is 18.3 Å². The van der Waals surface area contributed by atoms with Crippen molar-refractivity contribution in [1.29, 1.82) is 0 Å². The van der Waals surface area contributed by atoms with Crippen LogP contribution >= 0.6 is 0 Å². The van der Waals surface area contributed by atoms with Gasteiger partial charge in [0.1, 0.15) is 11.3 Å². The van der Waals surface area contributed by atoms with Crippen molar-refractivity contribution in [1.82, 2.24) is 0 Å². The fourth-order valence-electron chi connectivity index (χ4n) is 1.02. The Bertz CT molecular complexity index is 272. The van der Waals surface area contributed by atoms with Crippen LogP contribution in [0.25, 0.3) is 0 Å². The number of halogens is 3. The van der Waals surface area contributed by atoms with Gasteiger partial charge < -0.3 is 5.11 Å². The van der Waals surface area contributed by atoms with Crippen LogP contribution in [0.15, 0.2) is 18.2 Å². The van der Waals surface area contributed by atoms with Gasteiger partial charge in [-0.1, -0.05) is 26.0 Å². The zero-order chi connectivity index (χ0) is 11.4. The van der Waals surface area contributed by atoms with Crippen molar-refractivity contribution in [3.8, 4) is 5.75 Å². The summed E-state index contributed by atoms with van der Waals surface area (Å²) in [4.78, 5) is 0. The Morgan fingerprint density at radius 1 is 1.14 bits per heavy atom. The molecule has 0 aromatic heterocycles. The van der Waals surface area contributed by atoms with Gasteiger partial charge in [0.2, 0.25) is 0 Å². The molecule has 0 heterocycles. The van der Waals surface area contributed by atoms with Crippen LogP contribution in [0.1, 0.15) is 25.0 Å². The molecular formula is C10H13F3O. The van der Waals surface area contributed by atoms with Crippen molar-refractivity contribution in [2.24, 2.45) is 0 Å². The monoisotopic (exact) mass is 206 g/mol. The van der Waals surface area contributed by atoms with Crippen LogP contribution in [0.3, 0.4) is 0 Å². The van der Waals surface area contributed by atoms with Gasteiger partial charge in [-0.05, 0) is 18.6 Å². The van der Waals surface area contributed by atoms with E-state index in [1.165, 1.54) is 19.1 Å². The van der Waals surface area contributed by atoms with Crippen molar-refractivity contribution in [3.63, 3.8) is 0 Å². The van der Waals surface area contributed by atoms with E-state index in [0.29, 0.717) is 0 Å². The fraction of sp³-hybridized carbons (Fsp3) is 0.400. The molecule has 0 saturated heterocycles. The summed E-state index contributed by atoms with van der Waals surface area (Å²) in [5, 5.41) is 8.91. The van der Waals surface area contributed by atoms with E-state index in [0.717, 1.165) is 6.07 Å². The maximum absolute atomic E-state index is 12.1. The van der Waals surface area contributed by atoms with E-state index >= 15 is 0 Å². The lowest BCUT2D eigenvalue weighted by molar-refractivity contribution is -0.139. The Kier molecular flexibility index (Phi) is 4.47. The highest BCUT2D eigenvalue weighted by Gasteiger charge is 2.35. The lowest BCUT2D eigenvalue weighted by Crippen LogP contribution is -2.07. The maximum Gasteiger partial charge on any atom is 0.420 e. The maximum atomic E-state index is 12.1. The van der Waals surface area contributed by atoms with E-state index in [1.807, 2.05) is 13.8 Å². The second kappa shape index (κ2) is 4.88. The fourth-order valence-corrected chi connectivity index (χ4v) is 1.02. The van der Waals surface area contributed by atoms with E-state index in [4.69, 9.17) is 5.11 Å². The second-order valence-electron chi connectivity index (χ2n) is 2.47. The second-order valence-corrected chi connectivity index (χ2v) is 2.47. The summed E-state index contributed by atoms with van der Waals surface area (Å²) in [5.41, 5.74) is -0.924. The van der Waals surface area contributed by atoms with Crippen LogP contribution in [-0.4, -0.2) is 5.11 Å². The number of phenols is 1. The molecule has 1 aromatic rings. The quantitative estimate of drug-likeness (QED) is 0.685. The van der Waals surface area contributed by atoms with Crippen molar-refractivity contribution in [3.05, 3.63) is 29.3 Å². The molecule has 1 aromatic carbocycles. The summed E-state index contributed by atoms with van der Waals surface area (Å²) in [5.74, 6) is -0.720. The minimum atomic E-state index is -4.48. The molecule has 0 amide bonds. The van der Waals surface area contributed by atoms with Crippen LogP contribution in [0.5, 0.6) is 5.75 Å². The summed E-state index contributed by atoms with van der Waals surface area (Å²) in [6.07, 6.45) is -4.48. The largest absolute Gasteiger partial charge is 0.507 e. The minimum absolute atomic E-state index is 0.0301. The molecule has 80 valence electrons. The molecule has 0 atom stereocenters. The molecule has 1 nitrogen and oxygen atoms in total. The molecule has 1 rings (SSSR count). The highest BCUT2D eigenvalue weighted by atomic mass is 19.4. The van der Waals surface area contributed by atoms with Crippen molar-refractivity contribution >= 4 is 0 Å². The first-order chi connectivity index (χ1) is 6.43. The first-order valence-electron chi connectivity index (χ1n) is 4.28. The van der Waals surface area contributed by atoms with E-state index in [1.54, 1.807) is 0 Å². The average molecular weight is 206 g/mol. The number of aryl methyl sites for hydroxylation is 1. The summed E-state index contributed by atoms with van der Waals surface area (Å²) >= 11 is 0. The third-order valence-electron chi connectivity index (χ3n) is 1.53. The van der Waals surface area contributed by atoms with Gasteiger partial charge in [-0.3, -0.25) is 0 Å². The molecule has 0 bridgehead atoms. The van der Waals surface area contributed by atoms with Gasteiger partial charge >= 0.3 is 6.18 Å². The molecule has 0 unspecified atom stereocenters. The van der Waals surface area contributed by atoms with Gasteiger partial charge in [0.15, 0.2) is 0 Å². The molecule has 4 heteroatoms. The Morgan fingerprint density at radius 3 is 1.93 bits per heavy atom. The van der Waals surface area contributed by atoms with E-state index in [2.05, 4.69) is 0 Å². The van der Waals surface area contributed by atoms with Crippen molar-refractivity contribution in [2.75, 3.05) is 0 Å². The Hall–Kier alpha value is -1.19. The van der Waals surface area contributed by atoms with Crippen LogP contribution in [0.2, 0.25) is 0 Å². The zero-order valence-electron chi connectivity index (χ0n) is 8.31. The van der Waals surface area contributed by atoms with Crippen molar-refractivity contribution in [2.45, 2.75) is 26.9 Å². The third kappa shape index (κ3) is 2.94. The summed E-state index contributed by atoms with van der Waals surface area (Å²) in [6.45, 7) is 5.31. The Labute approximate surface area is 81.2 Å². The normalized spacial score (nSPS) is 10.4. The molecule has 14 heavy (non-hydrogen) atoms. The highest BCUT2D eigenvalue weighted by Crippen LogP contribution is 2.37. The van der Waals surface area contributed by atoms with Crippen LogP contribution in [0, 0.1) is 6.92 Å². The molecular weight excluding hydrogens is 193 g/mol. The minimum Gasteiger partial charge on any atom is -0.507 e. The van der Waals surface area contributed by atoms with Gasteiger partial charge in [-0.2, -0.15) is 13.2 Å². The number of benzene rings is 1. The molecule has 0 spiro atoms. The number of hydrogen-bond acceptors (Lipinski definition) is 1. The third-order valence-corrected chi connectivity index (χ3v) is 1.53. The van der Waals surface area contributed by atoms with E-state index in [-0.39, 0.29) is 5.56 Å². The first kappa shape index (κ1) is 12.8. The van der Waals surface area contributed by atoms with E-state index < -0.39 is 17.5 Å². The Morgan fingerprint density at radius 2 is 1.64 bits per heavy atom. The number of rotatable bonds is 0. The van der Waals surface area contributed by atoms with Gasteiger partial charge in [-0.25, -0.2) is 0 Å². The number of phenolic OH excluding ortho intramolecular Hbond substituents is 1.